The van der Waals surface area contributed by atoms with Gasteiger partial charge in [0.25, 0.3) is 0 Å². The quantitative estimate of drug-likeness (QED) is 0.799. The summed E-state index contributed by atoms with van der Waals surface area (Å²) in [6.07, 6.45) is 1.87. The Morgan fingerprint density at radius 3 is 2.92 bits per heavy atom. The average Bonchev–Trinajstić information content (AvgIpc) is 3.11. The summed E-state index contributed by atoms with van der Waals surface area (Å²) in [5.41, 5.74) is 1.70. The van der Waals surface area contributed by atoms with Gasteiger partial charge in [-0.15, -0.1) is 0 Å². The maximum absolute atomic E-state index is 12.9. The number of carbonyl (C=O) groups excluding carboxylic acids is 1. The van der Waals surface area contributed by atoms with Gasteiger partial charge in [0.05, 0.1) is 7.11 Å². The van der Waals surface area contributed by atoms with Gasteiger partial charge in [-0.3, -0.25) is 4.79 Å². The Morgan fingerprint density at radius 2 is 2.08 bits per heavy atom. The van der Waals surface area contributed by atoms with Crippen molar-refractivity contribution in [2.24, 2.45) is 0 Å². The van der Waals surface area contributed by atoms with Crippen LogP contribution in [0.15, 0.2) is 48.7 Å². The van der Waals surface area contributed by atoms with Crippen LogP contribution in [-0.4, -0.2) is 42.1 Å². The predicted molar refractivity (Wildman–Crippen MR) is 98.2 cm³/mol. The molecule has 6 heteroatoms. The summed E-state index contributed by atoms with van der Waals surface area (Å²) in [5, 5.41) is 1.07. The first kappa shape index (κ1) is 15.5. The molecule has 1 N–H and O–H groups in total. The fourth-order valence-electron chi connectivity index (χ4n) is 3.30. The third kappa shape index (κ3) is 2.69. The van der Waals surface area contributed by atoms with E-state index >= 15 is 0 Å². The van der Waals surface area contributed by atoms with Crippen LogP contribution < -0.4 is 14.5 Å². The van der Waals surface area contributed by atoms with Crippen molar-refractivity contribution in [3.63, 3.8) is 0 Å². The molecule has 4 rings (SSSR count). The minimum Gasteiger partial charge on any atom is -0.497 e. The van der Waals surface area contributed by atoms with E-state index in [1.165, 1.54) is 0 Å². The molecule has 3 aromatic rings. The number of pyridine rings is 1. The van der Waals surface area contributed by atoms with Crippen molar-refractivity contribution < 1.29 is 9.53 Å². The van der Waals surface area contributed by atoms with Crippen LogP contribution in [0.4, 0.5) is 11.5 Å². The Bertz CT molecular complexity index is 920. The van der Waals surface area contributed by atoms with Crippen molar-refractivity contribution in [3.05, 3.63) is 48.7 Å². The van der Waals surface area contributed by atoms with Crippen LogP contribution in [0.5, 0.6) is 5.75 Å². The number of piperazine rings is 1. The van der Waals surface area contributed by atoms with Crippen molar-refractivity contribution in [2.45, 2.75) is 13.0 Å². The van der Waals surface area contributed by atoms with E-state index in [9.17, 15) is 4.79 Å². The zero-order chi connectivity index (χ0) is 17.4. The number of H-pyrrole nitrogens is 1. The SMILES string of the molecule is COc1cccc(N2CCN(c3ccc4cc[nH]c4n3)[C@@H](C)C2=O)c1. The van der Waals surface area contributed by atoms with E-state index in [4.69, 9.17) is 4.74 Å². The minimum absolute atomic E-state index is 0.0629. The monoisotopic (exact) mass is 336 g/mol. The van der Waals surface area contributed by atoms with E-state index in [1.54, 1.807) is 7.11 Å². The van der Waals surface area contributed by atoms with Gasteiger partial charge in [-0.1, -0.05) is 6.07 Å². The molecule has 6 nitrogen and oxygen atoms in total. The van der Waals surface area contributed by atoms with Crippen molar-refractivity contribution in [3.8, 4) is 5.75 Å². The Morgan fingerprint density at radius 1 is 1.20 bits per heavy atom. The van der Waals surface area contributed by atoms with Crippen LogP contribution in [0.1, 0.15) is 6.92 Å². The van der Waals surface area contributed by atoms with Gasteiger partial charge in [0.2, 0.25) is 5.91 Å². The number of hydrogen-bond acceptors (Lipinski definition) is 4. The summed E-state index contributed by atoms with van der Waals surface area (Å²) in [5.74, 6) is 1.63. The average molecular weight is 336 g/mol. The molecule has 0 radical (unpaired) electrons. The Kier molecular flexibility index (Phi) is 3.80. The summed E-state index contributed by atoms with van der Waals surface area (Å²) in [7, 11) is 1.63. The molecule has 1 aliphatic heterocycles. The number of ether oxygens (including phenoxy) is 1. The molecule has 0 unspecified atom stereocenters. The number of rotatable bonds is 3. The number of nitrogens with zero attached hydrogens (tertiary/aromatic N) is 3. The van der Waals surface area contributed by atoms with Gasteiger partial charge in [-0.05, 0) is 37.3 Å². The fourth-order valence-corrected chi connectivity index (χ4v) is 3.30. The standard InChI is InChI=1S/C19H20N4O2/c1-13-19(24)23(15-4-3-5-16(12-15)25-2)11-10-22(13)17-7-6-14-8-9-20-18(14)21-17/h3-9,12-13H,10-11H2,1-2H3,(H,20,21)/t13-/m0/s1. The topological polar surface area (TPSA) is 61.5 Å². The number of fused-ring (bicyclic) bond motifs is 1. The number of amides is 1. The number of benzene rings is 1. The molecule has 1 aliphatic rings. The second-order valence-electron chi connectivity index (χ2n) is 6.15. The normalized spacial score (nSPS) is 18.0. The van der Waals surface area contributed by atoms with Crippen molar-refractivity contribution in [1.29, 1.82) is 0 Å². The van der Waals surface area contributed by atoms with Gasteiger partial charge in [0, 0.05) is 36.4 Å². The molecule has 0 saturated carbocycles. The molecule has 1 saturated heterocycles. The maximum atomic E-state index is 12.9. The highest BCUT2D eigenvalue weighted by molar-refractivity contribution is 6.00. The molecular weight excluding hydrogens is 316 g/mol. The van der Waals surface area contributed by atoms with Crippen LogP contribution >= 0.6 is 0 Å². The number of aromatic nitrogens is 2. The van der Waals surface area contributed by atoms with Crippen molar-refractivity contribution in [2.75, 3.05) is 30.0 Å². The molecule has 128 valence electrons. The molecular formula is C19H20N4O2. The van der Waals surface area contributed by atoms with Crippen LogP contribution in [0.2, 0.25) is 0 Å². The highest BCUT2D eigenvalue weighted by atomic mass is 16.5. The largest absolute Gasteiger partial charge is 0.497 e. The van der Waals surface area contributed by atoms with E-state index in [0.29, 0.717) is 6.54 Å². The zero-order valence-corrected chi connectivity index (χ0v) is 14.3. The molecule has 1 atom stereocenters. The maximum Gasteiger partial charge on any atom is 0.249 e. The predicted octanol–water partition coefficient (Wildman–Crippen LogP) is 2.81. The smallest absolute Gasteiger partial charge is 0.249 e. The first-order chi connectivity index (χ1) is 12.2. The lowest BCUT2D eigenvalue weighted by Crippen LogP contribution is -2.56. The summed E-state index contributed by atoms with van der Waals surface area (Å²) < 4.78 is 5.27. The zero-order valence-electron chi connectivity index (χ0n) is 14.3. The highest BCUT2D eigenvalue weighted by Crippen LogP contribution is 2.27. The van der Waals surface area contributed by atoms with E-state index < -0.39 is 0 Å². The minimum atomic E-state index is -0.278. The summed E-state index contributed by atoms with van der Waals surface area (Å²) in [6.45, 7) is 3.26. The van der Waals surface area contributed by atoms with Crippen LogP contribution in [0.25, 0.3) is 11.0 Å². The number of anilines is 2. The number of aromatic amines is 1. The van der Waals surface area contributed by atoms with Gasteiger partial charge in [0.1, 0.15) is 23.3 Å². The number of nitrogens with one attached hydrogen (secondary N) is 1. The molecule has 2 aromatic heterocycles. The van der Waals surface area contributed by atoms with Crippen molar-refractivity contribution >= 4 is 28.4 Å². The second kappa shape index (κ2) is 6.12. The summed E-state index contributed by atoms with van der Waals surface area (Å²) in [4.78, 5) is 24.6. The van der Waals surface area contributed by atoms with Crippen LogP contribution in [-0.2, 0) is 4.79 Å². The molecule has 0 bridgehead atoms. The molecule has 3 heterocycles. The summed E-state index contributed by atoms with van der Waals surface area (Å²) in [6, 6.07) is 13.3. The van der Waals surface area contributed by atoms with Gasteiger partial charge in [-0.25, -0.2) is 4.98 Å². The third-order valence-corrected chi connectivity index (χ3v) is 4.71. The molecule has 0 aliphatic carbocycles. The Labute approximate surface area is 146 Å². The molecule has 1 fully saturated rings. The molecule has 1 amide bonds. The van der Waals surface area contributed by atoms with Gasteiger partial charge < -0.3 is 19.5 Å². The second-order valence-corrected chi connectivity index (χ2v) is 6.15. The van der Waals surface area contributed by atoms with E-state index in [-0.39, 0.29) is 11.9 Å². The van der Waals surface area contributed by atoms with Crippen molar-refractivity contribution in [1.82, 2.24) is 9.97 Å². The van der Waals surface area contributed by atoms with E-state index in [2.05, 4.69) is 14.9 Å². The van der Waals surface area contributed by atoms with E-state index in [0.717, 1.165) is 34.8 Å². The fraction of sp³-hybridized carbons (Fsp3) is 0.263. The van der Waals surface area contributed by atoms with E-state index in [1.807, 2.05) is 60.5 Å². The number of methoxy groups -OCH3 is 1. The van der Waals surface area contributed by atoms with Crippen LogP contribution in [0, 0.1) is 0 Å². The lowest BCUT2D eigenvalue weighted by Gasteiger charge is -2.39. The Balaban J connectivity index is 1.60. The Hall–Kier alpha value is -3.02. The number of carbonyl (C=O) groups is 1. The van der Waals surface area contributed by atoms with Crippen LogP contribution in [0.3, 0.4) is 0 Å². The lowest BCUT2D eigenvalue weighted by molar-refractivity contribution is -0.120. The van der Waals surface area contributed by atoms with Gasteiger partial charge >= 0.3 is 0 Å². The lowest BCUT2D eigenvalue weighted by atomic mass is 10.1. The third-order valence-electron chi connectivity index (χ3n) is 4.71. The van der Waals surface area contributed by atoms with Gasteiger partial charge in [-0.2, -0.15) is 0 Å². The molecule has 25 heavy (non-hydrogen) atoms. The van der Waals surface area contributed by atoms with Gasteiger partial charge in [0.15, 0.2) is 0 Å². The molecule has 1 aromatic carbocycles. The highest BCUT2D eigenvalue weighted by Gasteiger charge is 2.33. The number of hydrogen-bond donors (Lipinski definition) is 1. The molecule has 0 spiro atoms. The first-order valence-electron chi connectivity index (χ1n) is 8.33. The summed E-state index contributed by atoms with van der Waals surface area (Å²) >= 11 is 0. The first-order valence-corrected chi connectivity index (χ1v) is 8.33.